The highest BCUT2D eigenvalue weighted by Gasteiger charge is 2.23. The summed E-state index contributed by atoms with van der Waals surface area (Å²) in [5.41, 5.74) is 15.7. The Labute approximate surface area is 205 Å². The van der Waals surface area contributed by atoms with Crippen LogP contribution in [-0.4, -0.2) is 12.6 Å². The number of carbonyl (C=O) groups excluding carboxylic acids is 1. The van der Waals surface area contributed by atoms with Crippen LogP contribution in [0.4, 0.5) is 0 Å². The first-order valence-electron chi connectivity index (χ1n) is 12.3. The molecule has 5 heteroatoms. The van der Waals surface area contributed by atoms with Gasteiger partial charge in [-0.1, -0.05) is 24.3 Å². The molecule has 180 valence electrons. The molecule has 1 aromatic heterocycles. The highest BCUT2D eigenvalue weighted by Crippen LogP contribution is 2.38. The standard InChI is InChI=1S/C30H31NO4/c1-3-33-28(32)16-24-12-19(2)25-8-5-9-26(25)30(24)35-18-21-14-23-10-11-34-29(23)27(15-21)22-7-4-6-20(13-22)17-31/h4,6-7,10-15H,3,5,8-9,16-18,31H2,1-2H3. The lowest BCUT2D eigenvalue weighted by atomic mass is 9.97. The summed E-state index contributed by atoms with van der Waals surface area (Å²) in [6, 6.07) is 16.5. The van der Waals surface area contributed by atoms with Crippen molar-refractivity contribution in [1.82, 2.24) is 0 Å². The van der Waals surface area contributed by atoms with E-state index in [1.165, 1.54) is 16.7 Å². The number of hydrogen-bond acceptors (Lipinski definition) is 5. The van der Waals surface area contributed by atoms with Crippen molar-refractivity contribution in [2.45, 2.75) is 52.7 Å². The number of fused-ring (bicyclic) bond motifs is 2. The minimum Gasteiger partial charge on any atom is -0.488 e. The van der Waals surface area contributed by atoms with Gasteiger partial charge in [0.2, 0.25) is 0 Å². The number of aryl methyl sites for hydroxylation is 1. The van der Waals surface area contributed by atoms with E-state index in [9.17, 15) is 4.79 Å². The van der Waals surface area contributed by atoms with E-state index in [1.807, 2.05) is 25.1 Å². The van der Waals surface area contributed by atoms with Crippen LogP contribution in [0.1, 0.15) is 46.7 Å². The second kappa shape index (κ2) is 9.96. The number of carbonyl (C=O) groups is 1. The topological polar surface area (TPSA) is 74.7 Å². The van der Waals surface area contributed by atoms with E-state index in [4.69, 9.17) is 19.6 Å². The van der Waals surface area contributed by atoms with Crippen LogP contribution in [-0.2, 0) is 41.9 Å². The van der Waals surface area contributed by atoms with Crippen molar-refractivity contribution in [3.8, 4) is 16.9 Å². The zero-order chi connectivity index (χ0) is 24.4. The van der Waals surface area contributed by atoms with Crippen molar-refractivity contribution >= 4 is 16.9 Å². The molecule has 0 unspecified atom stereocenters. The number of furan rings is 1. The Bertz CT molecular complexity index is 1380. The van der Waals surface area contributed by atoms with Crippen LogP contribution in [0.15, 0.2) is 59.2 Å². The van der Waals surface area contributed by atoms with E-state index in [-0.39, 0.29) is 12.4 Å². The van der Waals surface area contributed by atoms with Gasteiger partial charge in [-0.3, -0.25) is 4.79 Å². The molecule has 0 atom stereocenters. The first-order valence-corrected chi connectivity index (χ1v) is 12.3. The third-order valence-corrected chi connectivity index (χ3v) is 6.76. The van der Waals surface area contributed by atoms with Gasteiger partial charge in [0.15, 0.2) is 0 Å². The van der Waals surface area contributed by atoms with Crippen LogP contribution in [0.3, 0.4) is 0 Å². The maximum atomic E-state index is 12.3. The smallest absolute Gasteiger partial charge is 0.310 e. The monoisotopic (exact) mass is 469 g/mol. The predicted molar refractivity (Wildman–Crippen MR) is 137 cm³/mol. The first-order chi connectivity index (χ1) is 17.1. The van der Waals surface area contributed by atoms with E-state index in [1.54, 1.807) is 6.26 Å². The molecule has 0 radical (unpaired) electrons. The fraction of sp³-hybridized carbons (Fsp3) is 0.300. The van der Waals surface area contributed by atoms with Gasteiger partial charge >= 0.3 is 5.97 Å². The minimum absolute atomic E-state index is 0.217. The van der Waals surface area contributed by atoms with Crippen molar-refractivity contribution < 1.29 is 18.7 Å². The van der Waals surface area contributed by atoms with Gasteiger partial charge in [0, 0.05) is 23.1 Å². The summed E-state index contributed by atoms with van der Waals surface area (Å²) in [6.45, 7) is 5.21. The molecule has 0 saturated heterocycles. The third-order valence-electron chi connectivity index (χ3n) is 6.76. The van der Waals surface area contributed by atoms with Crippen molar-refractivity contribution in [3.63, 3.8) is 0 Å². The maximum absolute atomic E-state index is 12.3. The van der Waals surface area contributed by atoms with Gasteiger partial charge < -0.3 is 19.6 Å². The van der Waals surface area contributed by atoms with Gasteiger partial charge in [-0.05, 0) is 90.8 Å². The molecule has 35 heavy (non-hydrogen) atoms. The number of rotatable bonds is 8. The molecule has 0 bridgehead atoms. The molecule has 0 aliphatic heterocycles. The van der Waals surface area contributed by atoms with Crippen LogP contribution < -0.4 is 10.5 Å². The van der Waals surface area contributed by atoms with Crippen LogP contribution in [0.2, 0.25) is 0 Å². The van der Waals surface area contributed by atoms with E-state index in [2.05, 4.69) is 37.3 Å². The summed E-state index contributed by atoms with van der Waals surface area (Å²) < 4.78 is 17.6. The van der Waals surface area contributed by atoms with Crippen molar-refractivity contribution in [2.24, 2.45) is 5.73 Å². The quantitative estimate of drug-likeness (QED) is 0.319. The van der Waals surface area contributed by atoms with Crippen LogP contribution in [0.5, 0.6) is 5.75 Å². The van der Waals surface area contributed by atoms with Crippen LogP contribution in [0, 0.1) is 6.92 Å². The normalized spacial score (nSPS) is 12.7. The zero-order valence-corrected chi connectivity index (χ0v) is 20.4. The molecule has 1 heterocycles. The average Bonchev–Trinajstić information content (AvgIpc) is 3.54. The van der Waals surface area contributed by atoms with E-state index in [0.717, 1.165) is 63.8 Å². The summed E-state index contributed by atoms with van der Waals surface area (Å²) in [7, 11) is 0. The Morgan fingerprint density at radius 2 is 1.91 bits per heavy atom. The van der Waals surface area contributed by atoms with Crippen LogP contribution >= 0.6 is 0 Å². The van der Waals surface area contributed by atoms with Gasteiger partial charge in [-0.15, -0.1) is 0 Å². The van der Waals surface area contributed by atoms with Crippen LogP contribution in [0.25, 0.3) is 22.1 Å². The predicted octanol–water partition coefficient (Wildman–Crippen LogP) is 6.04. The van der Waals surface area contributed by atoms with Crippen molar-refractivity contribution in [3.05, 3.63) is 88.2 Å². The third kappa shape index (κ3) is 4.69. The second-order valence-electron chi connectivity index (χ2n) is 9.15. The highest BCUT2D eigenvalue weighted by atomic mass is 16.5. The number of benzene rings is 3. The summed E-state index contributed by atoms with van der Waals surface area (Å²) in [5, 5.41) is 1.03. The van der Waals surface area contributed by atoms with Crippen molar-refractivity contribution in [2.75, 3.05) is 6.61 Å². The fourth-order valence-electron chi connectivity index (χ4n) is 5.18. The summed E-state index contributed by atoms with van der Waals surface area (Å²) in [4.78, 5) is 12.3. The van der Waals surface area contributed by atoms with E-state index >= 15 is 0 Å². The lowest BCUT2D eigenvalue weighted by Crippen LogP contribution is -2.11. The number of ether oxygens (including phenoxy) is 2. The Kier molecular flexibility index (Phi) is 6.60. The summed E-state index contributed by atoms with van der Waals surface area (Å²) >= 11 is 0. The van der Waals surface area contributed by atoms with Crippen molar-refractivity contribution in [1.29, 1.82) is 0 Å². The average molecular weight is 470 g/mol. The molecule has 0 spiro atoms. The number of hydrogen-bond donors (Lipinski definition) is 1. The largest absolute Gasteiger partial charge is 0.488 e. The lowest BCUT2D eigenvalue weighted by molar-refractivity contribution is -0.142. The molecular formula is C30H31NO4. The molecule has 1 aliphatic carbocycles. The molecule has 5 rings (SSSR count). The van der Waals surface area contributed by atoms with Gasteiger partial charge in [0.05, 0.1) is 19.3 Å². The molecule has 5 nitrogen and oxygen atoms in total. The van der Waals surface area contributed by atoms with Gasteiger partial charge in [0.1, 0.15) is 17.9 Å². The molecule has 2 N–H and O–H groups in total. The fourth-order valence-corrected chi connectivity index (χ4v) is 5.18. The zero-order valence-electron chi connectivity index (χ0n) is 20.4. The summed E-state index contributed by atoms with van der Waals surface area (Å²) in [6.07, 6.45) is 5.07. The maximum Gasteiger partial charge on any atom is 0.310 e. The Balaban J connectivity index is 1.50. The summed E-state index contributed by atoms with van der Waals surface area (Å²) in [5.74, 6) is 0.617. The molecule has 4 aromatic rings. The Morgan fingerprint density at radius 1 is 1.06 bits per heavy atom. The van der Waals surface area contributed by atoms with E-state index < -0.39 is 0 Å². The van der Waals surface area contributed by atoms with E-state index in [0.29, 0.717) is 19.8 Å². The lowest BCUT2D eigenvalue weighted by Gasteiger charge is -2.18. The van der Waals surface area contributed by atoms with Gasteiger partial charge in [0.25, 0.3) is 0 Å². The molecule has 0 amide bonds. The highest BCUT2D eigenvalue weighted by molar-refractivity contribution is 5.93. The van der Waals surface area contributed by atoms with Gasteiger partial charge in [-0.25, -0.2) is 0 Å². The first kappa shape index (κ1) is 23.2. The Hall–Kier alpha value is -3.57. The second-order valence-corrected chi connectivity index (χ2v) is 9.15. The molecule has 0 saturated carbocycles. The SMILES string of the molecule is CCOC(=O)Cc1cc(C)c2c(c1OCc1cc(-c3cccc(CN)c3)c3occc3c1)CCC2. The number of esters is 1. The molecule has 1 aliphatic rings. The molecular weight excluding hydrogens is 438 g/mol. The minimum atomic E-state index is -0.225. The molecule has 3 aromatic carbocycles. The Morgan fingerprint density at radius 3 is 2.74 bits per heavy atom. The van der Waals surface area contributed by atoms with Gasteiger partial charge in [-0.2, -0.15) is 0 Å². The molecule has 0 fully saturated rings. The number of nitrogens with two attached hydrogens (primary N) is 1.